The molecular formula is C72H128Na3O15S3Y5-5. The standard InChI is InChI=1S/C11H10.5C7H8.3C2H6O3S.3C2H6O.3C2H6.3CH3O.5CH3.3Na.5Y/c1-9-5-4-7-10-6-2-3-8-11(9)10;5*1-7-5-3-2-4-6-7;3*1-5-6(2,3)4;3*1-3-2;6*1-2;;;;;;;;;;;;;/h2-8H,1H3;5*2-6H,1H3;3*1-2H3;3*1-2H3;3*1-2H3;3*1H3;5*1H3;;;;;;;;/q;;;;;;;;;;;;;;;8*-1;3*+1;;;;;. The van der Waals surface area contributed by atoms with Crippen molar-refractivity contribution in [3.63, 3.8) is 0 Å². The summed E-state index contributed by atoms with van der Waals surface area (Å²) in [4.78, 5) is 0. The first-order valence-electron chi connectivity index (χ1n) is 26.5. The Bertz CT molecular complexity index is 2320. The fourth-order valence-electron chi connectivity index (χ4n) is 4.06. The molecule has 26 heteroatoms. The number of aryl methyl sites for hydroxylation is 6. The van der Waals surface area contributed by atoms with Crippen LogP contribution < -0.4 is 104 Å². The Balaban J connectivity index is -0.0000000273. The van der Waals surface area contributed by atoms with E-state index in [-0.39, 0.29) is 289 Å². The third-order valence-electron chi connectivity index (χ3n) is 7.62. The average molecular weight is 1840 g/mol. The summed E-state index contributed by atoms with van der Waals surface area (Å²) in [7, 11) is 5.88. The van der Waals surface area contributed by atoms with Crippen LogP contribution in [0.3, 0.4) is 0 Å². The number of methoxy groups -OCH3 is 3. The van der Waals surface area contributed by atoms with Gasteiger partial charge in [-0.25, -0.2) is 0 Å². The largest absolute Gasteiger partial charge is 1.00 e. The van der Waals surface area contributed by atoms with Gasteiger partial charge in [-0.05, 0) is 57.9 Å². The maximum Gasteiger partial charge on any atom is 1.00 e. The van der Waals surface area contributed by atoms with E-state index in [9.17, 15) is 25.3 Å². The van der Waals surface area contributed by atoms with E-state index in [4.69, 9.17) is 15.3 Å². The van der Waals surface area contributed by atoms with Gasteiger partial charge in [0.15, 0.2) is 0 Å². The third kappa shape index (κ3) is 178. The number of rotatable bonds is 3. The second kappa shape index (κ2) is 142. The maximum absolute atomic E-state index is 9.78. The van der Waals surface area contributed by atoms with Crippen molar-refractivity contribution in [1.82, 2.24) is 0 Å². The van der Waals surface area contributed by atoms with E-state index < -0.39 is 30.4 Å². The fourth-order valence-corrected chi connectivity index (χ4v) is 4.06. The zero-order valence-corrected chi connectivity index (χ0v) is 90.4. The van der Waals surface area contributed by atoms with Crippen LogP contribution in [0.4, 0.5) is 0 Å². The van der Waals surface area contributed by atoms with E-state index in [0.29, 0.717) is 0 Å². The summed E-state index contributed by atoms with van der Waals surface area (Å²) in [6.07, 6.45) is 2.98. The third-order valence-corrected chi connectivity index (χ3v) is 9.43. The smallest absolute Gasteiger partial charge is 0.857 e. The van der Waals surface area contributed by atoms with Gasteiger partial charge in [-0.2, -0.15) is 46.6 Å². The number of hydrogen-bond donors (Lipinski definition) is 0. The van der Waals surface area contributed by atoms with Crippen molar-refractivity contribution in [1.29, 1.82) is 0 Å². The number of benzene rings is 7. The van der Waals surface area contributed by atoms with Crippen molar-refractivity contribution in [3.05, 3.63) is 265 Å². The molecule has 547 valence electrons. The molecule has 5 radical (unpaired) electrons. The van der Waals surface area contributed by atoms with Crippen LogP contribution >= 0.6 is 0 Å². The topological polar surface area (TPSA) is 227 Å². The van der Waals surface area contributed by atoms with Crippen LogP contribution in [0.15, 0.2) is 194 Å². The Kier molecular flexibility index (Phi) is 247. The summed E-state index contributed by atoms with van der Waals surface area (Å²) in [5, 5.41) is 27.4. The predicted molar refractivity (Wildman–Crippen MR) is 393 cm³/mol. The van der Waals surface area contributed by atoms with Crippen molar-refractivity contribution < 1.29 is 320 Å². The molecule has 0 atom stereocenters. The van der Waals surface area contributed by atoms with Crippen LogP contribution in [0.5, 0.6) is 0 Å². The minimum Gasteiger partial charge on any atom is -0.857 e. The molecule has 0 amide bonds. The van der Waals surface area contributed by atoms with E-state index in [1.54, 1.807) is 42.7 Å². The molecule has 0 aliphatic carbocycles. The van der Waals surface area contributed by atoms with Gasteiger partial charge in [-0.3, -0.25) is 12.5 Å². The Labute approximate surface area is 799 Å². The maximum atomic E-state index is 9.78. The zero-order chi connectivity index (χ0) is 69.0. The van der Waals surface area contributed by atoms with Crippen LogP contribution in [-0.4, -0.2) is 129 Å². The first-order valence-corrected chi connectivity index (χ1v) is 31.9. The van der Waals surface area contributed by atoms with E-state index in [2.05, 4.69) is 171 Å². The molecule has 0 heterocycles. The fraction of sp³-hybridized carbons (Fsp3) is 0.375. The average Bonchev–Trinajstić information content (AvgIpc) is 3.51. The summed E-state index contributed by atoms with van der Waals surface area (Å²) in [5.74, 6) is 0. The van der Waals surface area contributed by atoms with E-state index >= 15 is 0 Å². The van der Waals surface area contributed by atoms with Crippen LogP contribution in [0.25, 0.3) is 10.8 Å². The minimum atomic E-state index is -3.16. The van der Waals surface area contributed by atoms with Crippen molar-refractivity contribution in [2.45, 2.75) is 83.1 Å². The molecule has 0 saturated heterocycles. The minimum absolute atomic E-state index is 0. The molecule has 7 aromatic rings. The van der Waals surface area contributed by atoms with Crippen molar-refractivity contribution in [3.8, 4) is 0 Å². The first-order chi connectivity index (χ1) is 40.3. The van der Waals surface area contributed by atoms with Crippen LogP contribution in [0, 0.1) is 78.7 Å². The Hall–Kier alpha value is 2.81. The van der Waals surface area contributed by atoms with Gasteiger partial charge in [0, 0.05) is 206 Å². The summed E-state index contributed by atoms with van der Waals surface area (Å²) in [5.41, 5.74) is 7.96. The second-order valence-electron chi connectivity index (χ2n) is 14.9. The van der Waals surface area contributed by atoms with Gasteiger partial charge in [0.2, 0.25) is 0 Å². The van der Waals surface area contributed by atoms with E-state index in [1.165, 1.54) is 44.2 Å². The van der Waals surface area contributed by atoms with Crippen molar-refractivity contribution in [2.24, 2.45) is 0 Å². The van der Waals surface area contributed by atoms with Crippen molar-refractivity contribution in [2.75, 3.05) is 104 Å². The molecule has 0 spiro atoms. The van der Waals surface area contributed by atoms with Gasteiger partial charge in [-0.15, -0.1) is 0 Å². The van der Waals surface area contributed by atoms with Gasteiger partial charge >= 0.3 is 88.7 Å². The summed E-state index contributed by atoms with van der Waals surface area (Å²) in [6.45, 7) is 24.6. The number of fused-ring (bicyclic) bond motifs is 1. The second-order valence-corrected chi connectivity index (χ2v) is 20.1. The molecule has 15 nitrogen and oxygen atoms in total. The SMILES string of the molecule is CC.CC.CC.COC.COC.COC.COS(C)(=O)=O.COS(C)(=O)=O.COS(C)(=O)=O.C[O-].C[O-].C[O-].Cc1cccc2ccccc12.Cc1ccccc1.Cc1ccccc1.Cc1ccccc1.Cc1ccccc1.Cc1ccccc1.[CH3-].[CH3-].[CH3-].[CH3-].[CH3-].[Na+].[Na+].[Na+].[Y].[Y].[Y].[Y].[Y]. The van der Waals surface area contributed by atoms with Gasteiger partial charge in [-0.1, -0.05) is 263 Å². The van der Waals surface area contributed by atoms with Crippen LogP contribution in [0.1, 0.15) is 74.9 Å². The van der Waals surface area contributed by atoms with Crippen molar-refractivity contribution >= 4 is 41.1 Å². The van der Waals surface area contributed by atoms with Crippen LogP contribution in [-0.2, 0) is 221 Å². The Morgan fingerprint density at radius 2 is 0.378 bits per heavy atom. The molecule has 7 aromatic carbocycles. The molecule has 0 aliphatic rings. The van der Waals surface area contributed by atoms with Crippen LogP contribution in [0.2, 0.25) is 0 Å². The molecule has 0 aliphatic heterocycles. The monoisotopic (exact) mass is 1840 g/mol. The van der Waals surface area contributed by atoms with E-state index in [0.717, 1.165) is 61.4 Å². The molecule has 0 bridgehead atoms. The molecule has 0 N–H and O–H groups in total. The molecular weight excluding hydrogens is 1710 g/mol. The molecule has 0 unspecified atom stereocenters. The molecule has 0 aromatic heterocycles. The number of hydrogen-bond acceptors (Lipinski definition) is 15. The van der Waals surface area contributed by atoms with E-state index in [1.807, 2.05) is 133 Å². The van der Waals surface area contributed by atoms with Gasteiger partial charge in [0.25, 0.3) is 30.4 Å². The first kappa shape index (κ1) is 170. The summed E-state index contributed by atoms with van der Waals surface area (Å²) >= 11 is 0. The van der Waals surface area contributed by atoms with Gasteiger partial charge < -0.3 is 66.7 Å². The van der Waals surface area contributed by atoms with Gasteiger partial charge in [0.1, 0.15) is 0 Å². The Morgan fingerprint density at radius 1 is 0.255 bits per heavy atom. The molecule has 0 fully saturated rings. The Morgan fingerprint density at radius 3 is 0.490 bits per heavy atom. The van der Waals surface area contributed by atoms with Gasteiger partial charge in [0.05, 0.1) is 40.1 Å². The number of ether oxygens (including phenoxy) is 3. The predicted octanol–water partition coefficient (Wildman–Crippen LogP) is 5.95. The molecule has 0 saturated carbocycles. The normalized spacial score (nSPS) is 7.33. The molecule has 7 rings (SSSR count). The summed E-state index contributed by atoms with van der Waals surface area (Å²) < 4.78 is 83.1. The zero-order valence-electron chi connectivity index (χ0n) is 67.7. The molecule has 98 heavy (non-hydrogen) atoms. The quantitative estimate of drug-likeness (QED) is 0.113. The summed E-state index contributed by atoms with van der Waals surface area (Å²) in [6, 6.07) is 66.1.